The molecular formula is CH5N4OP. The fourth-order valence-electron chi connectivity index (χ4n) is 0.0781. The molecule has 0 amide bonds. The van der Waals surface area contributed by atoms with Gasteiger partial charge >= 0.3 is 7.59 Å². The normalized spacial score (nSPS) is 9.86. The Morgan fingerprint density at radius 1 is 1.71 bits per heavy atom. The number of rotatable bonds is 1. The molecule has 0 fully saturated rings. The van der Waals surface area contributed by atoms with Crippen molar-refractivity contribution in [2.45, 2.75) is 0 Å². The molecule has 5 N–H and O–H groups in total. The van der Waals surface area contributed by atoms with Gasteiger partial charge in [-0.25, -0.2) is 5.09 Å². The lowest BCUT2D eigenvalue weighted by Crippen LogP contribution is -2.16. The van der Waals surface area contributed by atoms with Gasteiger partial charge in [0.1, 0.15) is 0 Å². The molecule has 0 saturated carbocycles. The Morgan fingerprint density at radius 3 is 2.14 bits per heavy atom. The zero-order valence-electron chi connectivity index (χ0n) is 3.46. The Kier molecular flexibility index (Phi) is 1.78. The molecular weight excluding hydrogens is 115 g/mol. The van der Waals surface area contributed by atoms with Gasteiger partial charge in [-0.15, -0.1) is 0 Å². The Balaban J connectivity index is 3.65. The minimum absolute atomic E-state index is 1.34. The Morgan fingerprint density at radius 2 is 2.14 bits per heavy atom. The number of nitrogens with two attached hydrogens (primary N) is 2. The van der Waals surface area contributed by atoms with Gasteiger partial charge < -0.3 is 0 Å². The minimum Gasteiger partial charge on any atom is -0.264 e. The van der Waals surface area contributed by atoms with E-state index < -0.39 is 7.59 Å². The van der Waals surface area contributed by atoms with Crippen LogP contribution in [0.4, 0.5) is 0 Å². The van der Waals surface area contributed by atoms with Crippen molar-refractivity contribution in [1.29, 1.82) is 5.26 Å². The van der Waals surface area contributed by atoms with Crippen molar-refractivity contribution in [2.75, 3.05) is 0 Å². The van der Waals surface area contributed by atoms with Gasteiger partial charge in [-0.3, -0.25) is 15.6 Å². The van der Waals surface area contributed by atoms with E-state index >= 15 is 0 Å². The van der Waals surface area contributed by atoms with E-state index in [0.29, 0.717) is 0 Å². The topological polar surface area (TPSA) is 105 Å². The molecule has 0 rings (SSSR count). The minimum atomic E-state index is -3.28. The number of nitriles is 1. The van der Waals surface area contributed by atoms with Crippen LogP contribution in [0.2, 0.25) is 0 Å². The Labute approximate surface area is 40.8 Å². The van der Waals surface area contributed by atoms with Crippen molar-refractivity contribution in [2.24, 2.45) is 11.0 Å². The van der Waals surface area contributed by atoms with Crippen LogP contribution < -0.4 is 16.1 Å². The Hall–Kier alpha value is -0.560. The van der Waals surface area contributed by atoms with Crippen molar-refractivity contribution in [3.05, 3.63) is 0 Å². The first-order valence-electron chi connectivity index (χ1n) is 1.40. The van der Waals surface area contributed by atoms with E-state index in [2.05, 4.69) is 11.0 Å². The van der Waals surface area contributed by atoms with Crippen LogP contribution in [0.5, 0.6) is 0 Å². The van der Waals surface area contributed by atoms with Crippen LogP contribution in [0.25, 0.3) is 0 Å². The van der Waals surface area contributed by atoms with Crippen LogP contribution in [0.3, 0.4) is 0 Å². The third-order valence-electron chi connectivity index (χ3n) is 0.225. The summed E-state index contributed by atoms with van der Waals surface area (Å²) in [5, 5.41) is 9.41. The van der Waals surface area contributed by atoms with E-state index in [4.69, 9.17) is 5.26 Å². The van der Waals surface area contributed by atoms with Gasteiger partial charge in [0.05, 0.1) is 0 Å². The fourth-order valence-corrected chi connectivity index (χ4v) is 0.234. The largest absolute Gasteiger partial charge is 0.306 e. The van der Waals surface area contributed by atoms with Crippen LogP contribution in [0.1, 0.15) is 0 Å². The number of hydrogen-bond donors (Lipinski definition) is 3. The second-order valence-corrected chi connectivity index (χ2v) is 2.58. The van der Waals surface area contributed by atoms with Crippen LogP contribution in [0, 0.1) is 11.5 Å². The molecule has 0 bridgehead atoms. The summed E-state index contributed by atoms with van der Waals surface area (Å²) in [5.74, 6) is 0. The molecule has 40 valence electrons. The van der Waals surface area contributed by atoms with Gasteiger partial charge in [-0.1, -0.05) is 0 Å². The summed E-state index contributed by atoms with van der Waals surface area (Å²) in [5.41, 5.74) is 9.29. The molecule has 0 aliphatic heterocycles. The molecule has 0 aliphatic rings. The standard InChI is InChI=1S/CH5N4OP/c2-1-5-7(3,4)6/h(H5,3,4,5,6). The molecule has 0 spiro atoms. The summed E-state index contributed by atoms with van der Waals surface area (Å²) < 4.78 is 10.0. The third kappa shape index (κ3) is 5.44. The van der Waals surface area contributed by atoms with Crippen molar-refractivity contribution in [3.63, 3.8) is 0 Å². The van der Waals surface area contributed by atoms with Gasteiger partial charge in [-0.05, 0) is 0 Å². The van der Waals surface area contributed by atoms with Crippen molar-refractivity contribution < 1.29 is 4.57 Å². The average molecular weight is 120 g/mol. The summed E-state index contributed by atoms with van der Waals surface area (Å²) in [7, 11) is -3.28. The van der Waals surface area contributed by atoms with Crippen LogP contribution in [-0.4, -0.2) is 0 Å². The zero-order valence-corrected chi connectivity index (χ0v) is 4.35. The van der Waals surface area contributed by atoms with E-state index in [1.807, 2.05) is 0 Å². The van der Waals surface area contributed by atoms with E-state index in [0.717, 1.165) is 0 Å². The predicted molar refractivity (Wildman–Crippen MR) is 24.7 cm³/mol. The lowest BCUT2D eigenvalue weighted by molar-refractivity contribution is 0.573. The molecule has 0 unspecified atom stereocenters. The highest BCUT2D eigenvalue weighted by Crippen LogP contribution is 2.14. The van der Waals surface area contributed by atoms with E-state index in [1.165, 1.54) is 6.19 Å². The molecule has 0 aromatic heterocycles. The summed E-state index contributed by atoms with van der Waals surface area (Å²) in [6.07, 6.45) is 1.34. The van der Waals surface area contributed by atoms with Crippen molar-refractivity contribution >= 4 is 7.59 Å². The molecule has 6 heteroatoms. The smallest absolute Gasteiger partial charge is 0.264 e. The fraction of sp³-hybridized carbons (Fsp3) is 0. The highest BCUT2D eigenvalue weighted by Gasteiger charge is 2.01. The number of nitrogens with zero attached hydrogens (tertiary/aromatic N) is 1. The highest BCUT2D eigenvalue weighted by molar-refractivity contribution is 7.57. The maximum Gasteiger partial charge on any atom is 0.306 e. The van der Waals surface area contributed by atoms with Gasteiger partial charge in [0.25, 0.3) is 0 Å². The molecule has 0 heterocycles. The third-order valence-corrected chi connectivity index (χ3v) is 0.674. The van der Waals surface area contributed by atoms with Gasteiger partial charge in [0, 0.05) is 0 Å². The van der Waals surface area contributed by atoms with Crippen molar-refractivity contribution in [3.8, 4) is 6.19 Å². The summed E-state index contributed by atoms with van der Waals surface area (Å²) >= 11 is 0. The maximum atomic E-state index is 10.0. The van der Waals surface area contributed by atoms with Crippen LogP contribution >= 0.6 is 7.59 Å². The second-order valence-electron chi connectivity index (χ2n) is 0.933. The molecule has 5 nitrogen and oxygen atoms in total. The van der Waals surface area contributed by atoms with E-state index in [1.54, 1.807) is 5.09 Å². The van der Waals surface area contributed by atoms with Crippen molar-refractivity contribution in [1.82, 2.24) is 5.09 Å². The Bertz CT molecular complexity index is 129. The molecule has 0 radical (unpaired) electrons. The predicted octanol–water partition coefficient (Wildman–Crippen LogP) is -0.917. The monoisotopic (exact) mass is 120 g/mol. The summed E-state index contributed by atoms with van der Waals surface area (Å²) in [4.78, 5) is 0. The summed E-state index contributed by atoms with van der Waals surface area (Å²) in [6, 6.07) is 0. The molecule has 0 saturated heterocycles. The van der Waals surface area contributed by atoms with Gasteiger partial charge in [-0.2, -0.15) is 5.26 Å². The van der Waals surface area contributed by atoms with E-state index in [9.17, 15) is 4.57 Å². The first kappa shape index (κ1) is 6.44. The summed E-state index contributed by atoms with van der Waals surface area (Å²) in [6.45, 7) is 0. The first-order valence-corrected chi connectivity index (χ1v) is 3.24. The van der Waals surface area contributed by atoms with Gasteiger partial charge in [0.2, 0.25) is 0 Å². The first-order chi connectivity index (χ1) is 3.06. The quantitative estimate of drug-likeness (QED) is 0.236. The van der Waals surface area contributed by atoms with Crippen LogP contribution in [0.15, 0.2) is 0 Å². The molecule has 0 aromatic rings. The van der Waals surface area contributed by atoms with E-state index in [-0.39, 0.29) is 0 Å². The zero-order chi connectivity index (χ0) is 5.91. The van der Waals surface area contributed by atoms with Crippen LogP contribution in [-0.2, 0) is 4.57 Å². The second kappa shape index (κ2) is 1.94. The number of hydrogen-bond acceptors (Lipinski definition) is 2. The molecule has 0 aromatic carbocycles. The number of nitrogens with one attached hydrogen (secondary N) is 1. The lowest BCUT2D eigenvalue weighted by Gasteiger charge is -1.97. The van der Waals surface area contributed by atoms with Gasteiger partial charge in [0.15, 0.2) is 6.19 Å². The maximum absolute atomic E-state index is 10.0. The molecule has 7 heavy (non-hydrogen) atoms. The molecule has 0 aliphatic carbocycles. The average Bonchev–Trinajstić information content (AvgIpc) is 1.30. The SMILES string of the molecule is N#CNP(N)(N)=O. The highest BCUT2D eigenvalue weighted by atomic mass is 31.2. The lowest BCUT2D eigenvalue weighted by atomic mass is 11.5. The molecule has 0 atom stereocenters.